The molecule has 66 valence electrons. The molecule has 0 atom stereocenters. The van der Waals surface area contributed by atoms with Crippen molar-refractivity contribution in [2.75, 3.05) is 0 Å². The number of aromatic nitrogens is 4. The summed E-state index contributed by atoms with van der Waals surface area (Å²) in [6.07, 6.45) is 4.86. The lowest BCUT2D eigenvalue weighted by molar-refractivity contribution is 0.768. The van der Waals surface area contributed by atoms with Gasteiger partial charge in [-0.1, -0.05) is 0 Å². The molecular formula is C8H8N4O. The van der Waals surface area contributed by atoms with Crippen LogP contribution in [0.3, 0.4) is 0 Å². The third-order valence-corrected chi connectivity index (χ3v) is 1.68. The Morgan fingerprint density at radius 1 is 1.54 bits per heavy atom. The van der Waals surface area contributed by atoms with Crippen LogP contribution < -0.4 is 5.56 Å². The zero-order chi connectivity index (χ0) is 9.26. The largest absolute Gasteiger partial charge is 0.313 e. The maximum absolute atomic E-state index is 10.9. The topological polar surface area (TPSA) is 63.6 Å². The van der Waals surface area contributed by atoms with E-state index in [1.54, 1.807) is 10.9 Å². The first-order valence-electron chi connectivity index (χ1n) is 3.79. The molecule has 0 fully saturated rings. The summed E-state index contributed by atoms with van der Waals surface area (Å²) >= 11 is 0. The van der Waals surface area contributed by atoms with Gasteiger partial charge in [-0.25, -0.2) is 4.98 Å². The zero-order valence-electron chi connectivity index (χ0n) is 7.06. The Balaban J connectivity index is 2.52. The number of nitrogens with one attached hydrogen (secondary N) is 1. The van der Waals surface area contributed by atoms with Crippen molar-refractivity contribution in [2.45, 2.75) is 0 Å². The van der Waals surface area contributed by atoms with Crippen LogP contribution in [-0.2, 0) is 7.05 Å². The average molecular weight is 176 g/mol. The minimum atomic E-state index is -0.158. The van der Waals surface area contributed by atoms with Crippen molar-refractivity contribution < 1.29 is 0 Å². The molecule has 0 radical (unpaired) electrons. The summed E-state index contributed by atoms with van der Waals surface area (Å²) in [6.45, 7) is 0. The molecule has 2 heterocycles. The van der Waals surface area contributed by atoms with E-state index in [0.29, 0.717) is 5.69 Å². The van der Waals surface area contributed by atoms with Crippen molar-refractivity contribution in [1.82, 2.24) is 19.7 Å². The molecule has 5 nitrogen and oxygen atoms in total. The Bertz CT molecular complexity index is 471. The number of hydrogen-bond donors (Lipinski definition) is 1. The second kappa shape index (κ2) is 2.85. The summed E-state index contributed by atoms with van der Waals surface area (Å²) in [5.74, 6) is 0. The summed E-state index contributed by atoms with van der Waals surface area (Å²) in [5, 5.41) is 3.99. The monoisotopic (exact) mass is 176 g/mol. The lowest BCUT2D eigenvalue weighted by Gasteiger charge is -1.92. The fraction of sp³-hybridized carbons (Fsp3) is 0.125. The van der Waals surface area contributed by atoms with E-state index in [9.17, 15) is 4.79 Å². The van der Waals surface area contributed by atoms with Crippen LogP contribution in [0.2, 0.25) is 0 Å². The first-order chi connectivity index (χ1) is 6.25. The van der Waals surface area contributed by atoms with Crippen LogP contribution in [0, 0.1) is 0 Å². The van der Waals surface area contributed by atoms with E-state index in [2.05, 4.69) is 15.1 Å². The minimum Gasteiger partial charge on any atom is -0.313 e. The molecule has 0 unspecified atom stereocenters. The third-order valence-electron chi connectivity index (χ3n) is 1.68. The molecular weight excluding hydrogens is 168 g/mol. The highest BCUT2D eigenvalue weighted by Gasteiger charge is 2.00. The van der Waals surface area contributed by atoms with Crippen LogP contribution in [0.1, 0.15) is 0 Å². The predicted molar refractivity (Wildman–Crippen MR) is 47.1 cm³/mol. The fourth-order valence-corrected chi connectivity index (χ4v) is 1.08. The van der Waals surface area contributed by atoms with E-state index in [1.165, 1.54) is 12.4 Å². The van der Waals surface area contributed by atoms with Crippen LogP contribution >= 0.6 is 0 Å². The summed E-state index contributed by atoms with van der Waals surface area (Å²) in [4.78, 5) is 17.4. The van der Waals surface area contributed by atoms with Crippen molar-refractivity contribution in [3.8, 4) is 11.3 Å². The van der Waals surface area contributed by atoms with Gasteiger partial charge in [0.05, 0.1) is 18.2 Å². The van der Waals surface area contributed by atoms with Crippen LogP contribution in [0.15, 0.2) is 29.6 Å². The van der Waals surface area contributed by atoms with Gasteiger partial charge in [-0.05, 0) is 0 Å². The highest BCUT2D eigenvalue weighted by atomic mass is 16.1. The van der Waals surface area contributed by atoms with E-state index in [-0.39, 0.29) is 5.56 Å². The molecule has 0 spiro atoms. The van der Waals surface area contributed by atoms with Gasteiger partial charge in [-0.3, -0.25) is 9.48 Å². The second-order valence-corrected chi connectivity index (χ2v) is 2.70. The molecule has 0 saturated heterocycles. The first kappa shape index (κ1) is 7.72. The number of nitrogens with zero attached hydrogens (tertiary/aromatic N) is 3. The molecule has 0 amide bonds. The van der Waals surface area contributed by atoms with Gasteiger partial charge >= 0.3 is 0 Å². The van der Waals surface area contributed by atoms with E-state index in [0.717, 1.165) is 5.56 Å². The Kier molecular flexibility index (Phi) is 1.70. The van der Waals surface area contributed by atoms with Gasteiger partial charge < -0.3 is 4.98 Å². The van der Waals surface area contributed by atoms with Gasteiger partial charge in [0.2, 0.25) is 0 Å². The molecule has 5 heteroatoms. The number of hydrogen-bond acceptors (Lipinski definition) is 3. The van der Waals surface area contributed by atoms with Crippen molar-refractivity contribution >= 4 is 0 Å². The van der Waals surface area contributed by atoms with Gasteiger partial charge in [0.15, 0.2) is 0 Å². The Morgan fingerprint density at radius 3 is 3.00 bits per heavy atom. The number of aryl methyl sites for hydroxylation is 1. The smallest absolute Gasteiger partial charge is 0.251 e. The highest BCUT2D eigenvalue weighted by Crippen LogP contribution is 2.11. The minimum absolute atomic E-state index is 0.158. The summed E-state index contributed by atoms with van der Waals surface area (Å²) < 4.78 is 1.66. The third kappa shape index (κ3) is 1.48. The van der Waals surface area contributed by atoms with Crippen LogP contribution in [0.4, 0.5) is 0 Å². The molecule has 0 bridgehead atoms. The van der Waals surface area contributed by atoms with E-state index in [1.807, 2.05) is 13.2 Å². The van der Waals surface area contributed by atoms with E-state index >= 15 is 0 Å². The lowest BCUT2D eigenvalue weighted by Crippen LogP contribution is -2.04. The van der Waals surface area contributed by atoms with Crippen molar-refractivity contribution in [2.24, 2.45) is 7.05 Å². The molecule has 2 rings (SSSR count). The summed E-state index contributed by atoms with van der Waals surface area (Å²) in [5.41, 5.74) is 1.32. The average Bonchev–Trinajstić information content (AvgIpc) is 2.52. The SMILES string of the molecule is Cn1cc(-c2cc(=O)[nH]cn2)cn1. The second-order valence-electron chi connectivity index (χ2n) is 2.70. The molecule has 2 aromatic rings. The Hall–Kier alpha value is -1.91. The number of aromatic amines is 1. The Labute approximate surface area is 74.1 Å². The normalized spacial score (nSPS) is 10.2. The van der Waals surface area contributed by atoms with E-state index < -0.39 is 0 Å². The molecule has 2 aromatic heterocycles. The van der Waals surface area contributed by atoms with E-state index in [4.69, 9.17) is 0 Å². The molecule has 0 aliphatic carbocycles. The van der Waals surface area contributed by atoms with Gasteiger partial charge in [-0.15, -0.1) is 0 Å². The van der Waals surface area contributed by atoms with Crippen molar-refractivity contribution in [3.63, 3.8) is 0 Å². The van der Waals surface area contributed by atoms with Gasteiger partial charge in [0, 0.05) is 24.9 Å². The van der Waals surface area contributed by atoms with Gasteiger partial charge in [0.1, 0.15) is 0 Å². The number of H-pyrrole nitrogens is 1. The first-order valence-corrected chi connectivity index (χ1v) is 3.79. The predicted octanol–water partition coefficient (Wildman–Crippen LogP) is 0.170. The molecule has 0 aliphatic rings. The zero-order valence-corrected chi connectivity index (χ0v) is 7.06. The van der Waals surface area contributed by atoms with Gasteiger partial charge in [-0.2, -0.15) is 5.10 Å². The number of rotatable bonds is 1. The fourth-order valence-electron chi connectivity index (χ4n) is 1.08. The molecule has 0 aliphatic heterocycles. The summed E-state index contributed by atoms with van der Waals surface area (Å²) in [6, 6.07) is 1.44. The van der Waals surface area contributed by atoms with Crippen LogP contribution in [-0.4, -0.2) is 19.7 Å². The Morgan fingerprint density at radius 2 is 2.38 bits per heavy atom. The standard InChI is InChI=1S/C8H8N4O/c1-12-4-6(3-11-12)7-2-8(13)10-5-9-7/h2-5H,1H3,(H,9,10,13). The summed E-state index contributed by atoms with van der Waals surface area (Å²) in [7, 11) is 1.82. The molecule has 13 heavy (non-hydrogen) atoms. The molecule has 0 aromatic carbocycles. The molecule has 1 N–H and O–H groups in total. The van der Waals surface area contributed by atoms with Crippen molar-refractivity contribution in [3.05, 3.63) is 35.1 Å². The quantitative estimate of drug-likeness (QED) is 0.673. The van der Waals surface area contributed by atoms with Crippen LogP contribution in [0.5, 0.6) is 0 Å². The lowest BCUT2D eigenvalue weighted by atomic mass is 10.2. The maximum Gasteiger partial charge on any atom is 0.251 e. The van der Waals surface area contributed by atoms with Crippen molar-refractivity contribution in [1.29, 1.82) is 0 Å². The highest BCUT2D eigenvalue weighted by molar-refractivity contribution is 5.55. The maximum atomic E-state index is 10.9. The van der Waals surface area contributed by atoms with Gasteiger partial charge in [0.25, 0.3) is 5.56 Å². The van der Waals surface area contributed by atoms with Crippen LogP contribution in [0.25, 0.3) is 11.3 Å². The molecule has 0 saturated carbocycles.